The topological polar surface area (TPSA) is 79.5 Å². The molecule has 0 bridgehead atoms. The second-order valence-electron chi connectivity index (χ2n) is 4.40. The third-order valence-corrected chi connectivity index (χ3v) is 2.82. The lowest BCUT2D eigenvalue weighted by molar-refractivity contribution is 0.0690. The second-order valence-corrected chi connectivity index (χ2v) is 4.40. The summed E-state index contributed by atoms with van der Waals surface area (Å²) in [6.45, 7) is 0.445. The Morgan fingerprint density at radius 1 is 1.30 bits per heavy atom. The van der Waals surface area contributed by atoms with Crippen LogP contribution in [0, 0.1) is 5.82 Å². The predicted octanol–water partition coefficient (Wildman–Crippen LogP) is 2.14. The summed E-state index contributed by atoms with van der Waals surface area (Å²) < 4.78 is 12.8. The molecule has 0 atom stereocenters. The lowest BCUT2D eigenvalue weighted by Gasteiger charge is -2.20. The van der Waals surface area contributed by atoms with Gasteiger partial charge in [0.2, 0.25) is 0 Å². The third kappa shape index (κ3) is 3.03. The van der Waals surface area contributed by atoms with Gasteiger partial charge in [0, 0.05) is 13.6 Å². The Morgan fingerprint density at radius 2 is 1.95 bits per heavy atom. The maximum absolute atomic E-state index is 12.8. The Bertz CT molecular complexity index is 629. The summed E-state index contributed by atoms with van der Waals surface area (Å²) in [5, 5.41) is 8.94. The number of hydrogen-bond donors (Lipinski definition) is 2. The molecule has 0 amide bonds. The SMILES string of the molecule is CN(Cc1ccc(F)cc1)c1nc(C(=O)O)ccc1N. The molecule has 0 unspecified atom stereocenters. The minimum atomic E-state index is -1.11. The molecule has 20 heavy (non-hydrogen) atoms. The molecule has 0 fully saturated rings. The molecule has 104 valence electrons. The van der Waals surface area contributed by atoms with E-state index in [-0.39, 0.29) is 11.5 Å². The molecule has 0 spiro atoms. The van der Waals surface area contributed by atoms with Crippen LogP contribution in [-0.4, -0.2) is 23.1 Å². The van der Waals surface area contributed by atoms with Crippen molar-refractivity contribution in [1.82, 2.24) is 4.98 Å². The van der Waals surface area contributed by atoms with Gasteiger partial charge < -0.3 is 15.7 Å². The Labute approximate surface area is 115 Å². The van der Waals surface area contributed by atoms with Gasteiger partial charge in [0.1, 0.15) is 5.82 Å². The molecule has 0 saturated heterocycles. The fourth-order valence-corrected chi connectivity index (χ4v) is 1.82. The van der Waals surface area contributed by atoms with Gasteiger partial charge in [0.25, 0.3) is 0 Å². The molecule has 2 aromatic rings. The van der Waals surface area contributed by atoms with Crippen molar-refractivity contribution in [1.29, 1.82) is 0 Å². The third-order valence-electron chi connectivity index (χ3n) is 2.82. The summed E-state index contributed by atoms with van der Waals surface area (Å²) in [5.74, 6) is -1.03. The van der Waals surface area contributed by atoms with Crippen molar-refractivity contribution in [2.75, 3.05) is 17.7 Å². The van der Waals surface area contributed by atoms with Crippen LogP contribution in [0.25, 0.3) is 0 Å². The number of carbonyl (C=O) groups is 1. The number of nitrogens with zero attached hydrogens (tertiary/aromatic N) is 2. The number of hydrogen-bond acceptors (Lipinski definition) is 4. The maximum Gasteiger partial charge on any atom is 0.354 e. The number of pyridine rings is 1. The van der Waals surface area contributed by atoms with Crippen LogP contribution >= 0.6 is 0 Å². The van der Waals surface area contributed by atoms with E-state index in [2.05, 4.69) is 4.98 Å². The largest absolute Gasteiger partial charge is 0.477 e. The molecule has 5 nitrogen and oxygen atoms in total. The van der Waals surface area contributed by atoms with E-state index in [0.29, 0.717) is 18.1 Å². The van der Waals surface area contributed by atoms with Gasteiger partial charge in [-0.05, 0) is 29.8 Å². The quantitative estimate of drug-likeness (QED) is 0.893. The molecule has 3 N–H and O–H groups in total. The highest BCUT2D eigenvalue weighted by molar-refractivity contribution is 5.86. The van der Waals surface area contributed by atoms with Crippen molar-refractivity contribution in [2.24, 2.45) is 0 Å². The van der Waals surface area contributed by atoms with E-state index in [1.165, 1.54) is 24.3 Å². The molecule has 0 saturated carbocycles. The molecule has 1 aromatic carbocycles. The molecule has 1 aromatic heterocycles. The van der Waals surface area contributed by atoms with Crippen molar-refractivity contribution < 1.29 is 14.3 Å². The van der Waals surface area contributed by atoms with Gasteiger partial charge in [-0.15, -0.1) is 0 Å². The number of carboxylic acids is 1. The molecule has 0 aliphatic rings. The minimum absolute atomic E-state index is 0.0693. The number of benzene rings is 1. The summed E-state index contributed by atoms with van der Waals surface area (Å²) >= 11 is 0. The van der Waals surface area contributed by atoms with Crippen LogP contribution in [0.3, 0.4) is 0 Å². The van der Waals surface area contributed by atoms with E-state index in [9.17, 15) is 9.18 Å². The van der Waals surface area contributed by atoms with Crippen molar-refractivity contribution in [2.45, 2.75) is 6.54 Å². The van der Waals surface area contributed by atoms with E-state index >= 15 is 0 Å². The lowest BCUT2D eigenvalue weighted by Crippen LogP contribution is -2.20. The van der Waals surface area contributed by atoms with Crippen molar-refractivity contribution in [3.63, 3.8) is 0 Å². The van der Waals surface area contributed by atoms with Gasteiger partial charge >= 0.3 is 5.97 Å². The predicted molar refractivity (Wildman–Crippen MR) is 74.1 cm³/mol. The first-order chi connectivity index (χ1) is 9.47. The van der Waals surface area contributed by atoms with Gasteiger partial charge in [-0.25, -0.2) is 14.2 Å². The lowest BCUT2D eigenvalue weighted by atomic mass is 10.2. The molecule has 2 rings (SSSR count). The van der Waals surface area contributed by atoms with Crippen LogP contribution in [0.1, 0.15) is 16.1 Å². The maximum atomic E-state index is 12.8. The zero-order chi connectivity index (χ0) is 14.7. The number of anilines is 2. The smallest absolute Gasteiger partial charge is 0.354 e. The zero-order valence-corrected chi connectivity index (χ0v) is 10.9. The van der Waals surface area contributed by atoms with Crippen LogP contribution in [0.5, 0.6) is 0 Å². The number of rotatable bonds is 4. The summed E-state index contributed by atoms with van der Waals surface area (Å²) in [7, 11) is 1.74. The summed E-state index contributed by atoms with van der Waals surface area (Å²) in [6.07, 6.45) is 0. The number of aromatic nitrogens is 1. The van der Waals surface area contributed by atoms with Gasteiger partial charge in [-0.1, -0.05) is 12.1 Å². The molecule has 0 aliphatic heterocycles. The molecular formula is C14H14FN3O2. The van der Waals surface area contributed by atoms with E-state index < -0.39 is 5.97 Å². The minimum Gasteiger partial charge on any atom is -0.477 e. The van der Waals surface area contributed by atoms with E-state index in [1.54, 1.807) is 24.1 Å². The summed E-state index contributed by atoms with van der Waals surface area (Å²) in [4.78, 5) is 16.6. The molecular weight excluding hydrogens is 261 g/mol. The van der Waals surface area contributed by atoms with Crippen LogP contribution in [0.15, 0.2) is 36.4 Å². The van der Waals surface area contributed by atoms with Crippen LogP contribution in [0.4, 0.5) is 15.9 Å². The van der Waals surface area contributed by atoms with Gasteiger partial charge in [0.05, 0.1) is 5.69 Å². The van der Waals surface area contributed by atoms with Crippen LogP contribution < -0.4 is 10.6 Å². The first-order valence-electron chi connectivity index (χ1n) is 5.93. The number of nitrogen functional groups attached to an aromatic ring is 1. The fraction of sp³-hybridized carbons (Fsp3) is 0.143. The van der Waals surface area contributed by atoms with E-state index in [0.717, 1.165) is 5.56 Å². The van der Waals surface area contributed by atoms with Crippen molar-refractivity contribution >= 4 is 17.5 Å². The molecule has 1 heterocycles. The number of halogens is 1. The average molecular weight is 275 g/mol. The molecule has 0 aliphatic carbocycles. The number of aromatic carboxylic acids is 1. The Balaban J connectivity index is 2.24. The first kappa shape index (κ1) is 13.8. The van der Waals surface area contributed by atoms with E-state index in [4.69, 9.17) is 10.8 Å². The van der Waals surface area contributed by atoms with Crippen molar-refractivity contribution in [3.05, 3.63) is 53.5 Å². The average Bonchev–Trinajstić information content (AvgIpc) is 2.41. The highest BCUT2D eigenvalue weighted by atomic mass is 19.1. The first-order valence-corrected chi connectivity index (χ1v) is 5.93. The Kier molecular flexibility index (Phi) is 3.84. The molecule has 6 heteroatoms. The monoisotopic (exact) mass is 275 g/mol. The number of carboxylic acid groups (broad SMARTS) is 1. The van der Waals surface area contributed by atoms with Crippen LogP contribution in [0.2, 0.25) is 0 Å². The van der Waals surface area contributed by atoms with Crippen LogP contribution in [-0.2, 0) is 6.54 Å². The van der Waals surface area contributed by atoms with Crippen molar-refractivity contribution in [3.8, 4) is 0 Å². The normalized spacial score (nSPS) is 10.3. The summed E-state index contributed by atoms with van der Waals surface area (Å²) in [6, 6.07) is 8.91. The Morgan fingerprint density at radius 3 is 2.55 bits per heavy atom. The highest BCUT2D eigenvalue weighted by Gasteiger charge is 2.12. The fourth-order valence-electron chi connectivity index (χ4n) is 1.82. The van der Waals surface area contributed by atoms with Gasteiger partial charge in [-0.2, -0.15) is 0 Å². The number of nitrogens with two attached hydrogens (primary N) is 1. The van der Waals surface area contributed by atoms with Gasteiger partial charge in [0.15, 0.2) is 11.5 Å². The highest BCUT2D eigenvalue weighted by Crippen LogP contribution is 2.21. The second kappa shape index (κ2) is 5.56. The zero-order valence-electron chi connectivity index (χ0n) is 10.9. The Hall–Kier alpha value is -2.63. The standard InChI is InChI=1S/C14H14FN3O2/c1-18(8-9-2-4-10(15)5-3-9)13-11(16)6-7-12(17-13)14(19)20/h2-7H,8,16H2,1H3,(H,19,20). The molecule has 0 radical (unpaired) electrons. The van der Waals surface area contributed by atoms with Gasteiger partial charge in [-0.3, -0.25) is 0 Å². The summed E-state index contributed by atoms with van der Waals surface area (Å²) in [5.41, 5.74) is 7.00. The van der Waals surface area contributed by atoms with E-state index in [1.807, 2.05) is 0 Å².